The summed E-state index contributed by atoms with van der Waals surface area (Å²) in [5, 5.41) is 0.660. The lowest BCUT2D eigenvalue weighted by molar-refractivity contribution is -0.134. The van der Waals surface area contributed by atoms with Gasteiger partial charge in [0.2, 0.25) is 15.9 Å². The zero-order chi connectivity index (χ0) is 29.9. The largest absolute Gasteiger partial charge is 0.447 e. The van der Waals surface area contributed by atoms with E-state index in [9.17, 15) is 18.0 Å². The number of cyclic esters (lactones) is 1. The maximum Gasteiger partial charge on any atom is 0.416 e. The van der Waals surface area contributed by atoms with E-state index in [2.05, 4.69) is 9.97 Å². The van der Waals surface area contributed by atoms with Gasteiger partial charge in [-0.05, 0) is 48.4 Å². The molecule has 3 heterocycles. The van der Waals surface area contributed by atoms with E-state index in [0.717, 1.165) is 21.6 Å². The molecule has 0 spiro atoms. The van der Waals surface area contributed by atoms with Crippen LogP contribution in [0.4, 0.5) is 4.79 Å². The van der Waals surface area contributed by atoms with Crippen molar-refractivity contribution in [1.29, 1.82) is 0 Å². The summed E-state index contributed by atoms with van der Waals surface area (Å²) in [5.74, 6) is -1.29. The van der Waals surface area contributed by atoms with E-state index in [-0.39, 0.29) is 24.2 Å². The molecule has 1 aromatic heterocycles. The van der Waals surface area contributed by atoms with E-state index in [1.807, 2.05) is 68.4 Å². The highest BCUT2D eigenvalue weighted by Gasteiger charge is 2.44. The molecule has 2 amide bonds. The van der Waals surface area contributed by atoms with Gasteiger partial charge in [-0.15, -0.1) is 0 Å². The normalized spacial score (nSPS) is 19.2. The number of benzene rings is 2. The van der Waals surface area contributed by atoms with Crippen LogP contribution in [-0.2, 0) is 26.0 Å². The Hall–Kier alpha value is -3.34. The Morgan fingerprint density at radius 1 is 1.00 bits per heavy atom. The third-order valence-electron chi connectivity index (χ3n) is 8.09. The van der Waals surface area contributed by atoms with Crippen LogP contribution in [-0.4, -0.2) is 71.1 Å². The molecule has 2 atom stereocenters. The van der Waals surface area contributed by atoms with Crippen LogP contribution in [0.25, 0.3) is 11.1 Å². The SMILES string of the molecule is CC(C)[C@@H](CS(=O)(=O)N1CCC(c2ncc(-c3ccc(Cl)cc3)cn2)CC1)C(=O)N1C(=O)OC[C@H]1Cc1ccccc1. The van der Waals surface area contributed by atoms with Crippen molar-refractivity contribution in [3.8, 4) is 11.1 Å². The molecular formula is C31H35ClN4O5S. The number of carbonyl (C=O) groups excluding carboxylic acids is 2. The number of ether oxygens (including phenoxy) is 1. The van der Waals surface area contributed by atoms with E-state index >= 15 is 0 Å². The summed E-state index contributed by atoms with van der Waals surface area (Å²) in [5.41, 5.74) is 2.82. The Morgan fingerprint density at radius 3 is 2.26 bits per heavy atom. The Morgan fingerprint density at radius 2 is 1.64 bits per heavy atom. The first-order valence-corrected chi connectivity index (χ1v) is 16.2. The van der Waals surface area contributed by atoms with Crippen molar-refractivity contribution < 1.29 is 22.7 Å². The Kier molecular flexibility index (Phi) is 9.25. The molecule has 0 unspecified atom stereocenters. The third-order valence-corrected chi connectivity index (χ3v) is 10.3. The van der Waals surface area contributed by atoms with Gasteiger partial charge in [0.1, 0.15) is 12.4 Å². The fraction of sp³-hybridized carbons (Fsp3) is 0.419. The highest BCUT2D eigenvalue weighted by Crippen LogP contribution is 2.30. The number of rotatable bonds is 9. The molecule has 11 heteroatoms. The fourth-order valence-corrected chi connectivity index (χ4v) is 7.64. The van der Waals surface area contributed by atoms with Gasteiger partial charge >= 0.3 is 6.09 Å². The monoisotopic (exact) mass is 610 g/mol. The lowest BCUT2D eigenvalue weighted by Gasteiger charge is -2.33. The molecule has 9 nitrogen and oxygen atoms in total. The zero-order valence-corrected chi connectivity index (χ0v) is 25.3. The Balaban J connectivity index is 1.22. The lowest BCUT2D eigenvalue weighted by Crippen LogP contribution is -2.48. The van der Waals surface area contributed by atoms with Crippen molar-refractivity contribution in [3.63, 3.8) is 0 Å². The van der Waals surface area contributed by atoms with Crippen molar-refractivity contribution in [2.45, 2.75) is 45.1 Å². The minimum Gasteiger partial charge on any atom is -0.447 e. The van der Waals surface area contributed by atoms with Crippen LogP contribution in [0.5, 0.6) is 0 Å². The second-order valence-electron chi connectivity index (χ2n) is 11.3. The van der Waals surface area contributed by atoms with Crippen LogP contribution in [0.3, 0.4) is 0 Å². The van der Waals surface area contributed by atoms with Crippen LogP contribution >= 0.6 is 11.6 Å². The van der Waals surface area contributed by atoms with Crippen LogP contribution in [0, 0.1) is 11.8 Å². The van der Waals surface area contributed by atoms with Gasteiger partial charge in [-0.2, -0.15) is 0 Å². The predicted octanol–water partition coefficient (Wildman–Crippen LogP) is 5.17. The summed E-state index contributed by atoms with van der Waals surface area (Å²) in [7, 11) is -3.77. The molecule has 42 heavy (non-hydrogen) atoms. The number of carbonyl (C=O) groups is 2. The summed E-state index contributed by atoms with van der Waals surface area (Å²) in [4.78, 5) is 36.5. The van der Waals surface area contributed by atoms with Gasteiger partial charge in [-0.25, -0.2) is 32.4 Å². The zero-order valence-electron chi connectivity index (χ0n) is 23.7. The third kappa shape index (κ3) is 6.82. The number of nitrogens with zero attached hydrogens (tertiary/aromatic N) is 4. The number of halogens is 1. The van der Waals surface area contributed by atoms with Crippen molar-refractivity contribution >= 4 is 33.6 Å². The summed E-state index contributed by atoms with van der Waals surface area (Å²) in [6.07, 6.45) is 4.46. The first-order chi connectivity index (χ1) is 20.1. The average Bonchev–Trinajstić information content (AvgIpc) is 3.36. The van der Waals surface area contributed by atoms with Crippen molar-refractivity contribution in [1.82, 2.24) is 19.2 Å². The number of hydrogen-bond donors (Lipinski definition) is 0. The minimum absolute atomic E-state index is 0.0383. The second kappa shape index (κ2) is 12.9. The van der Waals surface area contributed by atoms with E-state index in [1.54, 1.807) is 12.4 Å². The maximum atomic E-state index is 13.7. The lowest BCUT2D eigenvalue weighted by atomic mass is 9.95. The molecule has 0 N–H and O–H groups in total. The molecular weight excluding hydrogens is 576 g/mol. The molecule has 2 saturated heterocycles. The molecule has 3 aromatic rings. The molecule has 0 radical (unpaired) electrons. The van der Waals surface area contributed by atoms with Crippen LogP contribution in [0.2, 0.25) is 5.02 Å². The Bertz CT molecular complexity index is 1490. The smallest absolute Gasteiger partial charge is 0.416 e. The van der Waals surface area contributed by atoms with Gasteiger partial charge in [0.15, 0.2) is 0 Å². The molecule has 2 aliphatic heterocycles. The van der Waals surface area contributed by atoms with Gasteiger partial charge in [0.25, 0.3) is 0 Å². The molecule has 2 aliphatic rings. The van der Waals surface area contributed by atoms with Gasteiger partial charge in [0, 0.05) is 42.0 Å². The fourth-order valence-electron chi connectivity index (χ4n) is 5.56. The van der Waals surface area contributed by atoms with Gasteiger partial charge in [0.05, 0.1) is 17.7 Å². The van der Waals surface area contributed by atoms with E-state index in [1.165, 1.54) is 4.31 Å². The molecule has 0 saturated carbocycles. The highest BCUT2D eigenvalue weighted by molar-refractivity contribution is 7.89. The topological polar surface area (TPSA) is 110 Å². The summed E-state index contributed by atoms with van der Waals surface area (Å²) in [6.45, 7) is 4.34. The number of sulfonamides is 1. The summed E-state index contributed by atoms with van der Waals surface area (Å²) < 4.78 is 33.8. The first kappa shape index (κ1) is 30.1. The second-order valence-corrected chi connectivity index (χ2v) is 13.7. The molecule has 2 fully saturated rings. The Labute approximate surface area is 251 Å². The van der Waals surface area contributed by atoms with Gasteiger partial charge in [-0.1, -0.05) is 67.9 Å². The maximum absolute atomic E-state index is 13.7. The van der Waals surface area contributed by atoms with E-state index in [4.69, 9.17) is 16.3 Å². The minimum atomic E-state index is -3.77. The van der Waals surface area contributed by atoms with Gasteiger partial charge < -0.3 is 4.74 Å². The number of amides is 2. The number of hydrogen-bond acceptors (Lipinski definition) is 7. The molecule has 0 aliphatic carbocycles. The van der Waals surface area contributed by atoms with Crippen molar-refractivity contribution in [2.24, 2.45) is 11.8 Å². The van der Waals surface area contributed by atoms with Crippen LogP contribution < -0.4 is 0 Å². The van der Waals surface area contributed by atoms with Crippen LogP contribution in [0.1, 0.15) is 44.0 Å². The quantitative estimate of drug-likeness (QED) is 0.329. The van der Waals surface area contributed by atoms with E-state index < -0.39 is 34.0 Å². The number of imide groups is 1. The molecule has 222 valence electrons. The van der Waals surface area contributed by atoms with E-state index in [0.29, 0.717) is 43.2 Å². The van der Waals surface area contributed by atoms with Gasteiger partial charge in [-0.3, -0.25) is 4.79 Å². The van der Waals surface area contributed by atoms with Crippen molar-refractivity contribution in [3.05, 3.63) is 83.4 Å². The molecule has 0 bridgehead atoms. The summed E-state index contributed by atoms with van der Waals surface area (Å²) in [6, 6.07) is 16.5. The first-order valence-electron chi connectivity index (χ1n) is 14.2. The van der Waals surface area contributed by atoms with Crippen LogP contribution in [0.15, 0.2) is 67.0 Å². The predicted molar refractivity (Wildman–Crippen MR) is 160 cm³/mol. The molecule has 2 aromatic carbocycles. The standard InChI is InChI=1S/C31H35ClN4O5S/c1-21(2)28(30(37)36-27(19-41-31(36)38)16-22-6-4-3-5-7-22)20-42(39,40)35-14-12-24(13-15-35)29-33-17-25(18-34-29)23-8-10-26(32)11-9-23/h3-11,17-18,21,24,27-28H,12-16,19-20H2,1-2H3/t27-,28-/m1/s1. The number of piperidine rings is 1. The summed E-state index contributed by atoms with van der Waals surface area (Å²) >= 11 is 5.98. The molecule has 5 rings (SSSR count). The highest BCUT2D eigenvalue weighted by atomic mass is 35.5. The average molecular weight is 611 g/mol. The number of aromatic nitrogens is 2. The van der Waals surface area contributed by atoms with Crippen molar-refractivity contribution in [2.75, 3.05) is 25.4 Å².